The maximum absolute atomic E-state index is 9.09. The summed E-state index contributed by atoms with van der Waals surface area (Å²) in [5, 5.41) is 15.3. The molecule has 0 saturated carbocycles. The minimum atomic E-state index is 0.0381. The van der Waals surface area contributed by atoms with E-state index in [0.717, 1.165) is 30.3 Å². The van der Waals surface area contributed by atoms with Crippen LogP contribution in [0.2, 0.25) is 0 Å². The quantitative estimate of drug-likeness (QED) is 0.640. The molecule has 0 atom stereocenters. The van der Waals surface area contributed by atoms with Crippen molar-refractivity contribution in [3.05, 3.63) is 29.8 Å². The van der Waals surface area contributed by atoms with Crippen LogP contribution in [0.5, 0.6) is 0 Å². The molecule has 0 radical (unpaired) electrons. The van der Waals surface area contributed by atoms with Crippen LogP contribution in [0.4, 0.5) is 5.69 Å². The SMILES string of the molecule is OCc1ccccc1NC1=NCCN1. The zero-order valence-corrected chi connectivity index (χ0v) is 7.83. The molecule has 0 spiro atoms. The highest BCUT2D eigenvalue weighted by molar-refractivity contribution is 5.95. The normalized spacial score (nSPS) is 14.8. The topological polar surface area (TPSA) is 56.6 Å². The van der Waals surface area contributed by atoms with Crippen molar-refractivity contribution in [2.45, 2.75) is 6.61 Å². The number of aliphatic imine (C=N–C) groups is 1. The van der Waals surface area contributed by atoms with Gasteiger partial charge in [-0.3, -0.25) is 4.99 Å². The number of anilines is 1. The average molecular weight is 191 g/mol. The summed E-state index contributed by atoms with van der Waals surface area (Å²) in [5.41, 5.74) is 1.78. The first-order valence-corrected chi connectivity index (χ1v) is 4.64. The summed E-state index contributed by atoms with van der Waals surface area (Å²) in [6, 6.07) is 7.64. The molecule has 1 aliphatic rings. The maximum atomic E-state index is 9.09. The molecule has 0 saturated heterocycles. The number of hydrogen-bond donors (Lipinski definition) is 3. The molecular weight excluding hydrogens is 178 g/mol. The second-order valence-electron chi connectivity index (χ2n) is 3.10. The minimum Gasteiger partial charge on any atom is -0.392 e. The second-order valence-corrected chi connectivity index (χ2v) is 3.10. The van der Waals surface area contributed by atoms with Gasteiger partial charge in [0.15, 0.2) is 5.96 Å². The number of para-hydroxylation sites is 1. The van der Waals surface area contributed by atoms with E-state index in [2.05, 4.69) is 15.6 Å². The molecule has 0 aromatic heterocycles. The summed E-state index contributed by atoms with van der Waals surface area (Å²) in [6.45, 7) is 1.73. The van der Waals surface area contributed by atoms with Crippen LogP contribution >= 0.6 is 0 Å². The molecule has 74 valence electrons. The van der Waals surface area contributed by atoms with Crippen LogP contribution in [-0.4, -0.2) is 24.2 Å². The molecule has 1 aromatic carbocycles. The molecule has 14 heavy (non-hydrogen) atoms. The standard InChI is InChI=1S/C10H13N3O/c14-7-8-3-1-2-4-9(8)13-10-11-5-6-12-10/h1-4,14H,5-7H2,(H2,11,12,13). The van der Waals surface area contributed by atoms with Crippen molar-refractivity contribution >= 4 is 11.6 Å². The smallest absolute Gasteiger partial charge is 0.195 e. The first-order chi connectivity index (χ1) is 6.90. The summed E-state index contributed by atoms with van der Waals surface area (Å²) >= 11 is 0. The molecular formula is C10H13N3O. The van der Waals surface area contributed by atoms with Crippen molar-refractivity contribution in [2.75, 3.05) is 18.4 Å². The molecule has 0 fully saturated rings. The van der Waals surface area contributed by atoms with Gasteiger partial charge < -0.3 is 15.7 Å². The van der Waals surface area contributed by atoms with E-state index >= 15 is 0 Å². The first kappa shape index (κ1) is 9.02. The molecule has 1 aromatic rings. The van der Waals surface area contributed by atoms with Crippen LogP contribution in [0, 0.1) is 0 Å². The van der Waals surface area contributed by atoms with Crippen LogP contribution in [0.1, 0.15) is 5.56 Å². The van der Waals surface area contributed by atoms with Crippen molar-refractivity contribution in [3.8, 4) is 0 Å². The van der Waals surface area contributed by atoms with Gasteiger partial charge >= 0.3 is 0 Å². The third-order valence-corrected chi connectivity index (χ3v) is 2.11. The van der Waals surface area contributed by atoms with Crippen LogP contribution in [0.3, 0.4) is 0 Å². The molecule has 0 aliphatic carbocycles. The van der Waals surface area contributed by atoms with E-state index in [-0.39, 0.29) is 6.61 Å². The van der Waals surface area contributed by atoms with Gasteiger partial charge in [-0.2, -0.15) is 0 Å². The molecule has 1 aliphatic heterocycles. The van der Waals surface area contributed by atoms with Gasteiger partial charge in [-0.25, -0.2) is 0 Å². The van der Waals surface area contributed by atoms with Gasteiger partial charge in [-0.05, 0) is 6.07 Å². The third kappa shape index (κ3) is 1.85. The van der Waals surface area contributed by atoms with Crippen LogP contribution < -0.4 is 10.6 Å². The maximum Gasteiger partial charge on any atom is 0.195 e. The number of hydrogen-bond acceptors (Lipinski definition) is 4. The van der Waals surface area contributed by atoms with Gasteiger partial charge in [-0.1, -0.05) is 18.2 Å². The summed E-state index contributed by atoms with van der Waals surface area (Å²) in [6.07, 6.45) is 0. The Balaban J connectivity index is 2.15. The third-order valence-electron chi connectivity index (χ3n) is 2.11. The number of nitrogens with zero attached hydrogens (tertiary/aromatic N) is 1. The summed E-state index contributed by atoms with van der Waals surface area (Å²) in [4.78, 5) is 4.22. The number of aliphatic hydroxyl groups is 1. The Bertz CT molecular complexity index is 349. The number of nitrogens with one attached hydrogen (secondary N) is 2. The van der Waals surface area contributed by atoms with Crippen molar-refractivity contribution < 1.29 is 5.11 Å². The molecule has 3 N–H and O–H groups in total. The highest BCUT2D eigenvalue weighted by atomic mass is 16.3. The van der Waals surface area contributed by atoms with Crippen LogP contribution in [0.25, 0.3) is 0 Å². The van der Waals surface area contributed by atoms with Gasteiger partial charge in [0.2, 0.25) is 0 Å². The fourth-order valence-corrected chi connectivity index (χ4v) is 1.39. The highest BCUT2D eigenvalue weighted by Crippen LogP contribution is 2.14. The Kier molecular flexibility index (Phi) is 2.65. The van der Waals surface area contributed by atoms with E-state index in [1.807, 2.05) is 24.3 Å². The fourth-order valence-electron chi connectivity index (χ4n) is 1.39. The lowest BCUT2D eigenvalue weighted by Gasteiger charge is -2.09. The van der Waals surface area contributed by atoms with E-state index in [1.165, 1.54) is 0 Å². The molecule has 4 heteroatoms. The van der Waals surface area contributed by atoms with Crippen molar-refractivity contribution in [3.63, 3.8) is 0 Å². The van der Waals surface area contributed by atoms with Crippen molar-refractivity contribution in [1.29, 1.82) is 0 Å². The Labute approximate surface area is 82.7 Å². The average Bonchev–Trinajstić information content (AvgIpc) is 2.71. The number of benzene rings is 1. The van der Waals surface area contributed by atoms with Gasteiger partial charge in [-0.15, -0.1) is 0 Å². The van der Waals surface area contributed by atoms with Crippen molar-refractivity contribution in [1.82, 2.24) is 5.32 Å². The number of guanidine groups is 1. The van der Waals surface area contributed by atoms with Crippen molar-refractivity contribution in [2.24, 2.45) is 4.99 Å². The van der Waals surface area contributed by atoms with Gasteiger partial charge in [0.05, 0.1) is 13.2 Å². The predicted octanol–water partition coefficient (Wildman–Crippen LogP) is 0.550. The van der Waals surface area contributed by atoms with E-state index in [4.69, 9.17) is 5.11 Å². The number of rotatable bonds is 2. The van der Waals surface area contributed by atoms with E-state index in [1.54, 1.807) is 0 Å². The molecule has 1 heterocycles. The fraction of sp³-hybridized carbons (Fsp3) is 0.300. The van der Waals surface area contributed by atoms with Crippen LogP contribution in [-0.2, 0) is 6.61 Å². The Morgan fingerprint density at radius 2 is 2.29 bits per heavy atom. The van der Waals surface area contributed by atoms with E-state index < -0.39 is 0 Å². The molecule has 0 bridgehead atoms. The molecule has 0 unspecified atom stereocenters. The predicted molar refractivity (Wildman–Crippen MR) is 56.3 cm³/mol. The lowest BCUT2D eigenvalue weighted by Crippen LogP contribution is -2.26. The lowest BCUT2D eigenvalue weighted by atomic mass is 10.2. The lowest BCUT2D eigenvalue weighted by molar-refractivity contribution is 0.282. The highest BCUT2D eigenvalue weighted by Gasteiger charge is 2.06. The van der Waals surface area contributed by atoms with Gasteiger partial charge in [0.1, 0.15) is 0 Å². The molecule has 4 nitrogen and oxygen atoms in total. The Hall–Kier alpha value is -1.55. The van der Waals surface area contributed by atoms with E-state index in [9.17, 15) is 0 Å². The molecule has 0 amide bonds. The zero-order valence-electron chi connectivity index (χ0n) is 7.83. The second kappa shape index (κ2) is 4.11. The summed E-state index contributed by atoms with van der Waals surface area (Å²) in [5.74, 6) is 0.783. The first-order valence-electron chi connectivity index (χ1n) is 4.64. The summed E-state index contributed by atoms with van der Waals surface area (Å²) < 4.78 is 0. The molecule has 2 rings (SSSR count). The monoisotopic (exact) mass is 191 g/mol. The van der Waals surface area contributed by atoms with Gasteiger partial charge in [0.25, 0.3) is 0 Å². The van der Waals surface area contributed by atoms with Crippen LogP contribution in [0.15, 0.2) is 29.3 Å². The van der Waals surface area contributed by atoms with E-state index in [0.29, 0.717) is 0 Å². The van der Waals surface area contributed by atoms with Gasteiger partial charge in [0, 0.05) is 17.8 Å². The largest absolute Gasteiger partial charge is 0.392 e. The minimum absolute atomic E-state index is 0.0381. The Morgan fingerprint density at radius 3 is 3.00 bits per heavy atom. The number of aliphatic hydroxyl groups excluding tert-OH is 1. The summed E-state index contributed by atoms with van der Waals surface area (Å²) in [7, 11) is 0. The Morgan fingerprint density at radius 1 is 1.43 bits per heavy atom. The zero-order chi connectivity index (χ0) is 9.80.